The smallest absolute Gasteiger partial charge is 0.240 e. The summed E-state index contributed by atoms with van der Waals surface area (Å²) in [5, 5.41) is 16.5. The van der Waals surface area contributed by atoms with E-state index >= 15 is 0 Å². The van der Waals surface area contributed by atoms with Crippen molar-refractivity contribution < 1.29 is 82.3 Å². The number of hydrogen-bond acceptors (Lipinski definition) is 22. The van der Waals surface area contributed by atoms with Crippen molar-refractivity contribution in [3.05, 3.63) is 249 Å². The van der Waals surface area contributed by atoms with Crippen molar-refractivity contribution in [1.82, 2.24) is 50.1 Å². The molecule has 8 aromatic carbocycles. The van der Waals surface area contributed by atoms with E-state index in [2.05, 4.69) is 50.1 Å². The Morgan fingerprint density at radius 2 is 0.609 bits per heavy atom. The van der Waals surface area contributed by atoms with Crippen molar-refractivity contribution >= 4 is 129 Å². The second-order valence-electron chi connectivity index (χ2n) is 32.9. The highest BCUT2D eigenvalue weighted by Gasteiger charge is 2.35. The second kappa shape index (κ2) is 54.1. The molecule has 724 valence electrons. The first-order valence-corrected chi connectivity index (χ1v) is 51.5. The van der Waals surface area contributed by atoms with Crippen LogP contribution in [0.4, 0.5) is 0 Å². The Morgan fingerprint density at radius 1 is 0.338 bits per heavy atom. The summed E-state index contributed by atoms with van der Waals surface area (Å²) in [6.45, 7) is 8.61. The molecule has 0 unspecified atom stereocenters. The maximum absolute atomic E-state index is 13.8. The summed E-state index contributed by atoms with van der Waals surface area (Å²) in [6.07, 6.45) is 0.847. The van der Waals surface area contributed by atoms with Crippen LogP contribution < -0.4 is 35.4 Å². The minimum Gasteiger partial charge on any atom is -0.378 e. The summed E-state index contributed by atoms with van der Waals surface area (Å²) in [6, 6.07) is 47.1. The lowest BCUT2D eigenvalue weighted by Crippen LogP contribution is -2.47. The fraction of sp³-hybridized carbons (Fsp3) is 0.463. The van der Waals surface area contributed by atoms with Gasteiger partial charge in [0.2, 0.25) is 47.8 Å². The fourth-order valence-electron chi connectivity index (χ4n) is 16.2. The van der Waals surface area contributed by atoms with Gasteiger partial charge in [-0.15, -0.1) is 0 Å². The number of halogens is 7. The molecule has 0 aliphatic carbocycles. The number of carbonyl (C=O) groups is 3. The Hall–Kier alpha value is -6.59. The lowest BCUT2D eigenvalue weighted by molar-refractivity contribution is -0.121. The normalized spacial score (nSPS) is 15.6. The van der Waals surface area contributed by atoms with Crippen LogP contribution in [0.1, 0.15) is 112 Å². The predicted octanol–water partition coefficient (Wildman–Crippen LogP) is 13.3. The van der Waals surface area contributed by atoms with Crippen LogP contribution >= 0.6 is 81.2 Å². The summed E-state index contributed by atoms with van der Waals surface area (Å²) in [4.78, 5) is 48.3. The Bertz CT molecular complexity index is 5020. The zero-order valence-corrected chi connectivity index (χ0v) is 82.7. The lowest BCUT2D eigenvalue weighted by Gasteiger charge is -2.35. The number of nitrogens with zero attached hydrogens (tertiary/aromatic N) is 3. The highest BCUT2D eigenvalue weighted by atomic mass is 35.5. The van der Waals surface area contributed by atoms with Crippen LogP contribution in [-0.2, 0) is 113 Å². The van der Waals surface area contributed by atoms with Crippen molar-refractivity contribution in [2.75, 3.05) is 199 Å². The molecule has 0 bridgehead atoms. The van der Waals surface area contributed by atoms with Gasteiger partial charge in [0, 0.05) is 163 Å². The number of hydrogen-bond donors (Lipinski definition) is 7. The number of sulfonamides is 3. The number of rotatable bonds is 58. The molecule has 3 aliphatic rings. The van der Waals surface area contributed by atoms with E-state index < -0.39 is 35.6 Å². The SMILES string of the molecule is CN1Cc2c(Cl)cc(Cl)cc2[C@@H](c2cccc(S(=O)(=O)NCCOCCOCCOCCNC(=O)CCC(CCC(=O)NCCOCCOCCOCCNS(=O)(=O)c3cccc([C@@H]4CN(C)Cc5c(Cl)cc(Cl)cc54)c3)(CCC(=O)NCCOCCOCCOCCNS(=O)(=O)c3cccc([C@@H]4CN(C)Cc5c(Cl)cc(Cl)cc54)c3)NCc3ccc(-c4ccc(Cl)cc4)cc3)c2)C1. The van der Waals surface area contributed by atoms with Crippen molar-refractivity contribution in [1.29, 1.82) is 0 Å². The second-order valence-corrected chi connectivity index (χ2v) is 41.2. The van der Waals surface area contributed by atoms with Gasteiger partial charge < -0.3 is 78.6 Å². The third-order valence-electron chi connectivity index (χ3n) is 23.0. The van der Waals surface area contributed by atoms with Crippen molar-refractivity contribution in [3.63, 3.8) is 0 Å². The average Bonchev–Trinajstić information content (AvgIpc) is 0.778. The van der Waals surface area contributed by atoms with E-state index in [4.69, 9.17) is 124 Å². The fourth-order valence-corrected chi connectivity index (χ4v) is 21.2. The molecule has 7 N–H and O–H groups in total. The largest absolute Gasteiger partial charge is 0.378 e. The van der Waals surface area contributed by atoms with E-state index in [1.54, 1.807) is 72.8 Å². The summed E-state index contributed by atoms with van der Waals surface area (Å²) in [7, 11) is -5.62. The van der Waals surface area contributed by atoms with Gasteiger partial charge in [-0.25, -0.2) is 39.4 Å². The van der Waals surface area contributed by atoms with Gasteiger partial charge >= 0.3 is 0 Å². The van der Waals surface area contributed by atoms with Gasteiger partial charge in [-0.3, -0.25) is 14.4 Å². The molecule has 0 radical (unpaired) electrons. The Morgan fingerprint density at radius 3 is 0.902 bits per heavy atom. The van der Waals surface area contributed by atoms with Gasteiger partial charge in [-0.2, -0.15) is 0 Å². The lowest BCUT2D eigenvalue weighted by atomic mass is 9.83. The van der Waals surface area contributed by atoms with E-state index in [1.807, 2.05) is 106 Å². The molecular weight excluding hydrogens is 1910 g/mol. The molecule has 8 aromatic rings. The maximum atomic E-state index is 13.8. The van der Waals surface area contributed by atoms with E-state index in [0.29, 0.717) is 81.0 Å². The summed E-state index contributed by atoms with van der Waals surface area (Å²) >= 11 is 45.2. The molecule has 38 heteroatoms. The monoisotopic (exact) mass is 2030 g/mol. The Labute approximate surface area is 816 Å². The number of carbonyl (C=O) groups excluding carboxylic acids is 3. The third kappa shape index (κ3) is 34.2. The van der Waals surface area contributed by atoms with Gasteiger partial charge in [0.05, 0.1) is 134 Å². The summed E-state index contributed by atoms with van der Waals surface area (Å²) in [5.74, 6) is -1.20. The Kier molecular flexibility index (Phi) is 43.5. The van der Waals surface area contributed by atoms with Crippen molar-refractivity contribution in [2.45, 2.75) is 103 Å². The number of likely N-dealkylation sites (N-methyl/N-ethyl adjacent to an activating group) is 3. The molecule has 0 fully saturated rings. The van der Waals surface area contributed by atoms with E-state index in [9.17, 15) is 39.6 Å². The molecule has 3 heterocycles. The van der Waals surface area contributed by atoms with Crippen molar-refractivity contribution in [2.24, 2.45) is 0 Å². The van der Waals surface area contributed by atoms with Gasteiger partial charge in [0.25, 0.3) is 0 Å². The van der Waals surface area contributed by atoms with E-state index in [0.717, 1.165) is 66.8 Å². The predicted molar refractivity (Wildman–Crippen MR) is 519 cm³/mol. The zero-order valence-electron chi connectivity index (χ0n) is 75.0. The van der Waals surface area contributed by atoms with Crippen LogP contribution in [0.15, 0.2) is 172 Å². The zero-order chi connectivity index (χ0) is 94.8. The molecule has 3 aliphatic heterocycles. The van der Waals surface area contributed by atoms with Crippen LogP contribution in [0, 0.1) is 0 Å². The summed E-state index contributed by atoms with van der Waals surface area (Å²) in [5.41, 5.74) is 10.3. The molecule has 0 saturated carbocycles. The van der Waals surface area contributed by atoms with Crippen LogP contribution in [0.2, 0.25) is 35.2 Å². The molecule has 133 heavy (non-hydrogen) atoms. The number of ether oxygens (including phenoxy) is 9. The van der Waals surface area contributed by atoms with Crippen LogP contribution in [0.25, 0.3) is 11.1 Å². The summed E-state index contributed by atoms with van der Waals surface area (Å²) < 4.78 is 140. The minimum atomic E-state index is -3.87. The molecule has 3 atom stereocenters. The van der Waals surface area contributed by atoms with Gasteiger partial charge in [-0.1, -0.05) is 154 Å². The molecule has 0 spiro atoms. The first kappa shape index (κ1) is 107. The number of fused-ring (bicyclic) bond motifs is 3. The van der Waals surface area contributed by atoms with Gasteiger partial charge in [0.15, 0.2) is 0 Å². The molecule has 0 saturated heterocycles. The molecule has 11 rings (SSSR count). The first-order chi connectivity index (χ1) is 64.0. The number of benzene rings is 8. The maximum Gasteiger partial charge on any atom is 0.240 e. The molecule has 0 aromatic heterocycles. The minimum absolute atomic E-state index is 0.0367. The third-order valence-corrected chi connectivity index (χ3v) is 29.3. The first-order valence-electron chi connectivity index (χ1n) is 44.4. The Balaban J connectivity index is 0.603. The van der Waals surface area contributed by atoms with Gasteiger partial charge in [0.1, 0.15) is 0 Å². The quantitative estimate of drug-likeness (QED) is 0.0174. The molecule has 3 amide bonds. The standard InChI is InChI=1S/C95H119Cl7N10O18S3/c1-110-61-83(80-54-74(97)57-89(100)86(80)64-110)70-7-4-10-77(51-70)131(116,117)107-30-36-125-42-48-128-45-39-122-33-27-103-92(113)21-24-95(106-60-67-13-15-68(16-14-67)69-17-19-73(96)20-18-69,25-22-93(114)104-28-34-123-40-46-129-49-43-126-37-31-108-132(118,119)78-11-5-8-71(52-78)84-62-111(2)65-87-81(84)55-75(98)58-90(87)101)26-23-94(115)105-29-35-124-41-47-130-50-44-127-38-32-109-133(120,121)79-12-6-9-72(53-79)85-63-112(3)66-88-82(85)56-76(99)59-91(88)102/h4-20,51-59,83-85,106-109H,21-50,60-66H2,1-3H3,(H,103,113)(H,104,114)(H,105,115)/t83-,84-,85+/m0/s1. The average molecular weight is 2030 g/mol. The van der Waals surface area contributed by atoms with Crippen molar-refractivity contribution in [3.8, 4) is 11.1 Å². The van der Waals surface area contributed by atoms with Crippen LogP contribution in [0.3, 0.4) is 0 Å². The van der Waals surface area contributed by atoms with Crippen LogP contribution in [-0.4, -0.2) is 262 Å². The molecule has 28 nitrogen and oxygen atoms in total. The number of nitrogens with one attached hydrogen (secondary N) is 7. The number of amides is 3. The highest BCUT2D eigenvalue weighted by molar-refractivity contribution is 7.90. The van der Waals surface area contributed by atoms with E-state index in [1.165, 1.54) is 0 Å². The van der Waals surface area contributed by atoms with Gasteiger partial charge in [-0.05, 0) is 192 Å². The van der Waals surface area contributed by atoms with Crippen LogP contribution in [0.5, 0.6) is 0 Å². The highest BCUT2D eigenvalue weighted by Crippen LogP contribution is 2.43. The molecular formula is C95H119Cl7N10O18S3. The topological polar surface area (TPSA) is 331 Å². The van der Waals surface area contributed by atoms with E-state index in [-0.39, 0.29) is 247 Å².